The van der Waals surface area contributed by atoms with Crippen molar-refractivity contribution in [1.29, 1.82) is 5.26 Å². The highest BCUT2D eigenvalue weighted by Crippen LogP contribution is 2.27. The van der Waals surface area contributed by atoms with Crippen molar-refractivity contribution in [3.63, 3.8) is 0 Å². The fourth-order valence-corrected chi connectivity index (χ4v) is 3.72. The van der Waals surface area contributed by atoms with Crippen molar-refractivity contribution in [3.8, 4) is 11.8 Å². The molecule has 11 heteroatoms. The van der Waals surface area contributed by atoms with Gasteiger partial charge in [0, 0.05) is 5.69 Å². The highest BCUT2D eigenvalue weighted by atomic mass is 16.6. The summed E-state index contributed by atoms with van der Waals surface area (Å²) in [5, 5.41) is 14.7. The molecular formula is C28H35N5O6. The van der Waals surface area contributed by atoms with Crippen LogP contribution in [0.1, 0.15) is 49.9 Å². The van der Waals surface area contributed by atoms with Crippen molar-refractivity contribution in [2.45, 2.75) is 58.7 Å². The zero-order chi connectivity index (χ0) is 29.3. The van der Waals surface area contributed by atoms with Gasteiger partial charge in [-0.3, -0.25) is 14.4 Å². The number of amides is 4. The Labute approximate surface area is 228 Å². The molecule has 2 atom stereocenters. The first-order valence-electron chi connectivity index (χ1n) is 12.2. The highest BCUT2D eigenvalue weighted by Gasteiger charge is 2.37. The van der Waals surface area contributed by atoms with Crippen LogP contribution >= 0.6 is 0 Å². The summed E-state index contributed by atoms with van der Waals surface area (Å²) in [6, 6.07) is 11.0. The van der Waals surface area contributed by atoms with Crippen LogP contribution in [0.2, 0.25) is 0 Å². The molecule has 208 valence electrons. The number of rotatable bonds is 10. The maximum absolute atomic E-state index is 13.8. The largest absolute Gasteiger partial charge is 0.497 e. The summed E-state index contributed by atoms with van der Waals surface area (Å²) in [5.74, 6) is -1.74. The topological polar surface area (TPSA) is 164 Å². The van der Waals surface area contributed by atoms with Gasteiger partial charge in [0.1, 0.15) is 30.0 Å². The van der Waals surface area contributed by atoms with Gasteiger partial charge < -0.3 is 30.7 Å². The summed E-state index contributed by atoms with van der Waals surface area (Å²) in [6.45, 7) is 8.15. The molecule has 0 spiro atoms. The van der Waals surface area contributed by atoms with Crippen LogP contribution in [-0.2, 0) is 19.1 Å². The van der Waals surface area contributed by atoms with Gasteiger partial charge in [0.15, 0.2) is 0 Å². The lowest BCUT2D eigenvalue weighted by atomic mass is 9.98. The van der Waals surface area contributed by atoms with Gasteiger partial charge in [-0.2, -0.15) is 5.26 Å². The molecule has 0 radical (unpaired) electrons. The number of nitriles is 1. The molecule has 2 aromatic rings. The van der Waals surface area contributed by atoms with Crippen LogP contribution in [0.25, 0.3) is 0 Å². The lowest BCUT2D eigenvalue weighted by molar-refractivity contribution is -0.141. The van der Waals surface area contributed by atoms with Gasteiger partial charge in [0.2, 0.25) is 11.8 Å². The molecule has 2 rings (SSSR count). The number of hydrogen-bond acceptors (Lipinski definition) is 7. The predicted octanol–water partition coefficient (Wildman–Crippen LogP) is 3.11. The fourth-order valence-electron chi connectivity index (χ4n) is 3.72. The maximum atomic E-state index is 13.8. The number of alkyl carbamates (subject to hydrolysis) is 1. The molecule has 0 bridgehead atoms. The summed E-state index contributed by atoms with van der Waals surface area (Å²) >= 11 is 0. The van der Waals surface area contributed by atoms with Gasteiger partial charge in [-0.15, -0.1) is 0 Å². The third kappa shape index (κ3) is 9.03. The number of carbonyl (C=O) groups is 4. The number of hydrogen-bond donors (Lipinski definition) is 3. The Morgan fingerprint density at radius 1 is 1.05 bits per heavy atom. The second-order valence-corrected chi connectivity index (χ2v) is 9.96. The summed E-state index contributed by atoms with van der Waals surface area (Å²) < 4.78 is 10.4. The molecule has 0 aromatic heterocycles. The summed E-state index contributed by atoms with van der Waals surface area (Å²) in [7, 11) is 1.52. The minimum absolute atomic E-state index is 0.430. The lowest BCUT2D eigenvalue weighted by Gasteiger charge is -2.33. The van der Waals surface area contributed by atoms with E-state index in [1.165, 1.54) is 7.11 Å². The predicted molar refractivity (Wildman–Crippen MR) is 145 cm³/mol. The smallest absolute Gasteiger partial charge is 0.408 e. The van der Waals surface area contributed by atoms with Crippen LogP contribution in [0, 0.1) is 25.2 Å². The number of anilines is 1. The number of aryl methyl sites for hydroxylation is 2. The van der Waals surface area contributed by atoms with Crippen molar-refractivity contribution in [2.24, 2.45) is 5.73 Å². The van der Waals surface area contributed by atoms with E-state index >= 15 is 0 Å². The van der Waals surface area contributed by atoms with Crippen LogP contribution < -0.4 is 21.1 Å². The Morgan fingerprint density at radius 2 is 1.69 bits per heavy atom. The fraction of sp³-hybridized carbons (Fsp3) is 0.393. The molecule has 0 saturated carbocycles. The number of nitrogens with one attached hydrogen (secondary N) is 2. The van der Waals surface area contributed by atoms with Crippen molar-refractivity contribution in [2.75, 3.05) is 19.0 Å². The van der Waals surface area contributed by atoms with Crippen LogP contribution in [0.15, 0.2) is 42.5 Å². The Morgan fingerprint density at radius 3 is 2.21 bits per heavy atom. The van der Waals surface area contributed by atoms with Gasteiger partial charge >= 0.3 is 6.09 Å². The molecule has 0 aliphatic rings. The maximum Gasteiger partial charge on any atom is 0.408 e. The average Bonchev–Trinajstić information content (AvgIpc) is 2.84. The van der Waals surface area contributed by atoms with E-state index in [2.05, 4.69) is 10.6 Å². The standard InChI is InChI=1S/C28H35N5O6/c1-17-7-8-19(15-18(17)2)24(25(35)31-20-9-11-21(38-6)12-10-20)33(14-13-29)26(36)22(16-23(30)34)32-27(37)39-28(3,4)5/h7-12,15,22,24H,14,16H2,1-6H3,(H2,30,34)(H,31,35)(H,32,37). The average molecular weight is 538 g/mol. The number of methoxy groups -OCH3 is 1. The Hall–Kier alpha value is -4.59. The highest BCUT2D eigenvalue weighted by molar-refractivity contribution is 5.99. The zero-order valence-electron chi connectivity index (χ0n) is 23.0. The van der Waals surface area contributed by atoms with Gasteiger partial charge in [-0.05, 0) is 75.6 Å². The van der Waals surface area contributed by atoms with Crippen LogP contribution in [0.4, 0.5) is 10.5 Å². The second kappa shape index (κ2) is 13.3. The quantitative estimate of drug-likeness (QED) is 0.392. The minimum Gasteiger partial charge on any atom is -0.497 e. The van der Waals surface area contributed by atoms with E-state index < -0.39 is 54.5 Å². The first-order valence-corrected chi connectivity index (χ1v) is 12.2. The number of ether oxygens (including phenoxy) is 2. The molecule has 0 aliphatic carbocycles. The van der Waals surface area contributed by atoms with E-state index in [4.69, 9.17) is 15.2 Å². The van der Waals surface area contributed by atoms with E-state index in [1.54, 1.807) is 63.2 Å². The van der Waals surface area contributed by atoms with Gasteiger partial charge in [0.25, 0.3) is 5.91 Å². The normalized spacial score (nSPS) is 12.3. The first kappa shape index (κ1) is 30.6. The molecule has 0 saturated heterocycles. The van der Waals surface area contributed by atoms with Gasteiger partial charge in [0.05, 0.1) is 19.6 Å². The van der Waals surface area contributed by atoms with E-state index in [1.807, 2.05) is 19.9 Å². The summed E-state index contributed by atoms with van der Waals surface area (Å²) in [5.41, 5.74) is 7.17. The molecule has 2 aromatic carbocycles. The molecule has 4 N–H and O–H groups in total. The number of nitrogens with zero attached hydrogens (tertiary/aromatic N) is 2. The summed E-state index contributed by atoms with van der Waals surface area (Å²) in [4.78, 5) is 52.8. The Kier molecular flexibility index (Phi) is 10.4. The van der Waals surface area contributed by atoms with Crippen LogP contribution in [-0.4, -0.2) is 54.0 Å². The minimum atomic E-state index is -1.48. The van der Waals surface area contributed by atoms with E-state index in [-0.39, 0.29) is 0 Å². The van der Waals surface area contributed by atoms with Gasteiger partial charge in [-0.1, -0.05) is 18.2 Å². The van der Waals surface area contributed by atoms with Crippen molar-refractivity contribution in [1.82, 2.24) is 10.2 Å². The SMILES string of the molecule is COc1ccc(NC(=O)C(c2ccc(C)c(C)c2)N(CC#N)C(=O)C(CC(N)=O)NC(=O)OC(C)(C)C)cc1. The third-order valence-corrected chi connectivity index (χ3v) is 5.68. The van der Waals surface area contributed by atoms with E-state index in [0.717, 1.165) is 16.0 Å². The van der Waals surface area contributed by atoms with Crippen molar-refractivity contribution < 1.29 is 28.7 Å². The van der Waals surface area contributed by atoms with Crippen molar-refractivity contribution in [3.05, 3.63) is 59.2 Å². The zero-order valence-corrected chi connectivity index (χ0v) is 23.0. The van der Waals surface area contributed by atoms with Crippen LogP contribution in [0.3, 0.4) is 0 Å². The molecule has 0 heterocycles. The molecule has 0 aliphatic heterocycles. The molecule has 0 fully saturated rings. The van der Waals surface area contributed by atoms with Crippen molar-refractivity contribution >= 4 is 29.5 Å². The second-order valence-electron chi connectivity index (χ2n) is 9.96. The lowest BCUT2D eigenvalue weighted by Crippen LogP contribution is -2.53. The van der Waals surface area contributed by atoms with Gasteiger partial charge in [-0.25, -0.2) is 4.79 Å². The number of primary amides is 1. The number of benzene rings is 2. The van der Waals surface area contributed by atoms with E-state index in [9.17, 15) is 24.4 Å². The van der Waals surface area contributed by atoms with E-state index in [0.29, 0.717) is 17.0 Å². The number of nitrogens with two attached hydrogens (primary N) is 1. The number of carbonyl (C=O) groups excluding carboxylic acids is 4. The molecule has 2 unspecified atom stereocenters. The molecule has 11 nitrogen and oxygen atoms in total. The summed E-state index contributed by atoms with van der Waals surface area (Å²) in [6.07, 6.45) is -1.52. The van der Waals surface area contributed by atoms with Crippen LogP contribution in [0.5, 0.6) is 5.75 Å². The molecule has 4 amide bonds. The monoisotopic (exact) mass is 537 g/mol. The molecule has 39 heavy (non-hydrogen) atoms. The molecular weight excluding hydrogens is 502 g/mol. The first-order chi connectivity index (χ1) is 18.2. The Balaban J connectivity index is 2.53. The third-order valence-electron chi connectivity index (χ3n) is 5.68. The Bertz CT molecular complexity index is 1250.